The average molecular weight is 381 g/mol. The molecule has 2 aromatic rings. The molecule has 27 heavy (non-hydrogen) atoms. The van der Waals surface area contributed by atoms with Crippen molar-refractivity contribution in [1.29, 1.82) is 0 Å². The van der Waals surface area contributed by atoms with Gasteiger partial charge in [0.25, 0.3) is 0 Å². The number of aromatic nitrogens is 4. The number of nitrogens with zero attached hydrogens (tertiary/aromatic N) is 5. The fraction of sp³-hybridized carbons (Fsp3) is 0.600. The van der Waals surface area contributed by atoms with Crippen LogP contribution in [0, 0.1) is 0 Å². The summed E-state index contributed by atoms with van der Waals surface area (Å²) < 4.78 is 7.25. The molecule has 0 aromatic carbocycles. The van der Waals surface area contributed by atoms with Crippen LogP contribution in [0.3, 0.4) is 0 Å². The average Bonchev–Trinajstić information content (AvgIpc) is 3.18. The van der Waals surface area contributed by atoms with Crippen molar-refractivity contribution >= 4 is 23.0 Å². The molecule has 3 heterocycles. The molecular formula is C15H23N7O5. The summed E-state index contributed by atoms with van der Waals surface area (Å²) in [6, 6.07) is 0. The predicted molar refractivity (Wildman–Crippen MR) is 93.1 cm³/mol. The van der Waals surface area contributed by atoms with Crippen LogP contribution in [0.1, 0.15) is 19.6 Å². The summed E-state index contributed by atoms with van der Waals surface area (Å²) in [5, 5.41) is 30.2. The van der Waals surface area contributed by atoms with Gasteiger partial charge in [-0.05, 0) is 13.5 Å². The van der Waals surface area contributed by atoms with Gasteiger partial charge in [-0.3, -0.25) is 9.47 Å². The summed E-state index contributed by atoms with van der Waals surface area (Å²) in [4.78, 5) is 24.9. The van der Waals surface area contributed by atoms with Crippen molar-refractivity contribution in [2.75, 3.05) is 19.3 Å². The van der Waals surface area contributed by atoms with E-state index in [9.17, 15) is 20.1 Å². The number of nitrogen functional groups attached to an aromatic ring is 1. The number of imidazole rings is 1. The lowest BCUT2D eigenvalue weighted by Gasteiger charge is -2.35. The second-order valence-electron chi connectivity index (χ2n) is 6.59. The molecule has 0 spiro atoms. The Balaban J connectivity index is 1.83. The van der Waals surface area contributed by atoms with Gasteiger partial charge in [-0.25, -0.2) is 19.7 Å². The molecule has 0 amide bonds. The number of carbonyl (C=O) groups is 1. The third-order valence-electron chi connectivity index (χ3n) is 5.04. The molecule has 148 valence electrons. The molecule has 1 saturated heterocycles. The van der Waals surface area contributed by atoms with Crippen LogP contribution in [0.25, 0.3) is 11.2 Å². The van der Waals surface area contributed by atoms with Gasteiger partial charge in [0.2, 0.25) is 0 Å². The summed E-state index contributed by atoms with van der Waals surface area (Å²) in [6.45, 7) is 1.64. The van der Waals surface area contributed by atoms with Gasteiger partial charge < -0.3 is 31.5 Å². The summed E-state index contributed by atoms with van der Waals surface area (Å²) in [5.74, 6) is -1.01. The Bertz CT molecular complexity index is 845. The molecule has 5 atom stereocenters. The van der Waals surface area contributed by atoms with E-state index in [1.54, 1.807) is 6.92 Å². The van der Waals surface area contributed by atoms with E-state index in [2.05, 4.69) is 15.0 Å². The Hall–Kier alpha value is -2.38. The third kappa shape index (κ3) is 3.11. The molecular weight excluding hydrogens is 358 g/mol. The number of likely N-dealkylation sites (N-methyl/N-ethyl adjacent to an activating group) is 1. The summed E-state index contributed by atoms with van der Waals surface area (Å²) in [7, 11) is 1.52. The molecule has 0 bridgehead atoms. The number of aliphatic hydroxyl groups is 2. The number of carboxylic acids is 1. The molecule has 0 radical (unpaired) electrons. The SMILES string of the molecule is CCC(N)(C(=O)O)N(C)C[C@H]1O[C@@H](n2cnc3c(N)ncnc32)C(O)C1O. The fourth-order valence-corrected chi connectivity index (χ4v) is 3.18. The minimum atomic E-state index is -1.62. The van der Waals surface area contributed by atoms with Crippen LogP contribution in [0.15, 0.2) is 12.7 Å². The van der Waals surface area contributed by atoms with Crippen LogP contribution in [-0.2, 0) is 9.53 Å². The number of nitrogens with two attached hydrogens (primary N) is 2. The second-order valence-corrected chi connectivity index (χ2v) is 6.59. The number of rotatable bonds is 6. The number of anilines is 1. The molecule has 1 aliphatic heterocycles. The van der Waals surface area contributed by atoms with E-state index in [-0.39, 0.29) is 18.8 Å². The van der Waals surface area contributed by atoms with Crippen molar-refractivity contribution in [3.8, 4) is 0 Å². The van der Waals surface area contributed by atoms with Gasteiger partial charge in [0.15, 0.2) is 23.4 Å². The molecule has 1 aliphatic rings. The lowest BCUT2D eigenvalue weighted by molar-refractivity contribution is -0.152. The smallest absolute Gasteiger partial charge is 0.338 e. The van der Waals surface area contributed by atoms with E-state index in [0.717, 1.165) is 0 Å². The van der Waals surface area contributed by atoms with Gasteiger partial charge in [-0.2, -0.15) is 0 Å². The first-order chi connectivity index (χ1) is 12.7. The van der Waals surface area contributed by atoms with Crippen molar-refractivity contribution in [2.24, 2.45) is 5.73 Å². The monoisotopic (exact) mass is 381 g/mol. The van der Waals surface area contributed by atoms with E-state index in [1.807, 2.05) is 0 Å². The zero-order valence-electron chi connectivity index (χ0n) is 14.9. The van der Waals surface area contributed by atoms with Crippen LogP contribution < -0.4 is 11.5 Å². The predicted octanol–water partition coefficient (Wildman–Crippen LogP) is -1.89. The lowest BCUT2D eigenvalue weighted by atomic mass is 10.0. The van der Waals surface area contributed by atoms with Crippen LogP contribution in [-0.4, -0.2) is 83.3 Å². The zero-order valence-corrected chi connectivity index (χ0v) is 14.9. The van der Waals surface area contributed by atoms with Crippen LogP contribution in [0.2, 0.25) is 0 Å². The third-order valence-corrected chi connectivity index (χ3v) is 5.04. The number of hydrogen-bond acceptors (Lipinski definition) is 10. The fourth-order valence-electron chi connectivity index (χ4n) is 3.18. The number of fused-ring (bicyclic) bond motifs is 1. The molecule has 12 nitrogen and oxygen atoms in total. The Morgan fingerprint density at radius 2 is 2.07 bits per heavy atom. The molecule has 12 heteroatoms. The number of aliphatic carboxylic acids is 1. The van der Waals surface area contributed by atoms with Crippen LogP contribution in [0.4, 0.5) is 5.82 Å². The van der Waals surface area contributed by atoms with Gasteiger partial charge in [0, 0.05) is 6.54 Å². The lowest BCUT2D eigenvalue weighted by Crippen LogP contribution is -2.61. The van der Waals surface area contributed by atoms with E-state index in [1.165, 1.54) is 29.2 Å². The Morgan fingerprint density at radius 3 is 2.70 bits per heavy atom. The topological polar surface area (TPSA) is 186 Å². The first kappa shape index (κ1) is 19.4. The van der Waals surface area contributed by atoms with E-state index < -0.39 is 36.2 Å². The number of ether oxygens (including phenoxy) is 1. The molecule has 3 rings (SSSR count). The molecule has 1 fully saturated rings. The normalized spacial score (nSPS) is 27.9. The Morgan fingerprint density at radius 1 is 1.37 bits per heavy atom. The van der Waals surface area contributed by atoms with E-state index >= 15 is 0 Å². The number of aliphatic hydroxyl groups excluding tert-OH is 2. The highest BCUT2D eigenvalue weighted by Crippen LogP contribution is 2.32. The van der Waals surface area contributed by atoms with Crippen LogP contribution in [0.5, 0.6) is 0 Å². The number of carboxylic acid groups (broad SMARTS) is 1. The van der Waals surface area contributed by atoms with Gasteiger partial charge >= 0.3 is 5.97 Å². The summed E-state index contributed by atoms with van der Waals surface area (Å²) >= 11 is 0. The highest BCUT2D eigenvalue weighted by atomic mass is 16.6. The quantitative estimate of drug-likeness (QED) is 0.352. The first-order valence-electron chi connectivity index (χ1n) is 8.38. The minimum absolute atomic E-state index is 0.00484. The first-order valence-corrected chi connectivity index (χ1v) is 8.38. The van der Waals surface area contributed by atoms with Crippen molar-refractivity contribution in [1.82, 2.24) is 24.4 Å². The van der Waals surface area contributed by atoms with Gasteiger partial charge in [0.1, 0.15) is 30.2 Å². The zero-order chi connectivity index (χ0) is 19.9. The van der Waals surface area contributed by atoms with Crippen molar-refractivity contribution in [3.63, 3.8) is 0 Å². The maximum Gasteiger partial charge on any atom is 0.338 e. The van der Waals surface area contributed by atoms with E-state index in [0.29, 0.717) is 11.2 Å². The van der Waals surface area contributed by atoms with Crippen molar-refractivity contribution < 1.29 is 24.9 Å². The molecule has 0 aliphatic carbocycles. The largest absolute Gasteiger partial charge is 0.479 e. The summed E-state index contributed by atoms with van der Waals surface area (Å²) in [5.41, 5.74) is 10.8. The highest BCUT2D eigenvalue weighted by Gasteiger charge is 2.47. The molecule has 0 saturated carbocycles. The standard InChI is InChI=1S/C15H23N7O5/c1-3-15(17,14(25)26)21(2)4-7-9(23)10(24)13(27-7)22-6-20-8-11(16)18-5-19-12(8)22/h5-7,9-10,13,23-24H,3-4,17H2,1-2H3,(H,25,26)(H2,16,18,19)/t7-,9?,10?,13-,15?/m1/s1. The van der Waals surface area contributed by atoms with Crippen LogP contribution >= 0.6 is 0 Å². The maximum absolute atomic E-state index is 11.5. The molecule has 3 unspecified atom stereocenters. The Kier molecular flexibility index (Phi) is 5.01. The summed E-state index contributed by atoms with van der Waals surface area (Å²) in [6.07, 6.45) is -1.60. The van der Waals surface area contributed by atoms with E-state index in [4.69, 9.17) is 16.2 Å². The molecule has 2 aromatic heterocycles. The maximum atomic E-state index is 11.5. The van der Waals surface area contributed by atoms with Crippen molar-refractivity contribution in [3.05, 3.63) is 12.7 Å². The second kappa shape index (κ2) is 6.98. The van der Waals surface area contributed by atoms with Gasteiger partial charge in [-0.1, -0.05) is 6.92 Å². The highest BCUT2D eigenvalue weighted by molar-refractivity contribution is 5.81. The number of hydrogen-bond donors (Lipinski definition) is 5. The minimum Gasteiger partial charge on any atom is -0.479 e. The van der Waals surface area contributed by atoms with Gasteiger partial charge in [-0.15, -0.1) is 0 Å². The van der Waals surface area contributed by atoms with Gasteiger partial charge in [0.05, 0.1) is 6.33 Å². The molecule has 7 N–H and O–H groups in total. The van der Waals surface area contributed by atoms with Crippen molar-refractivity contribution in [2.45, 2.75) is 43.5 Å². The Labute approximate surface area is 154 Å².